The van der Waals surface area contributed by atoms with Gasteiger partial charge >= 0.3 is 0 Å². The first-order valence-corrected chi connectivity index (χ1v) is 7.09. The number of hydrogen-bond donors (Lipinski definition) is 2. The number of hydrogen-bond acceptors (Lipinski definition) is 4. The topological polar surface area (TPSA) is 62.2 Å². The molecular weight excluding hydrogens is 272 g/mol. The van der Waals surface area contributed by atoms with Crippen LogP contribution in [0.1, 0.15) is 28.0 Å². The molecule has 2 aromatic rings. The highest BCUT2D eigenvalue weighted by atomic mass is 32.1. The van der Waals surface area contributed by atoms with Crippen molar-refractivity contribution in [3.63, 3.8) is 0 Å². The first-order chi connectivity index (χ1) is 9.79. The largest absolute Gasteiger partial charge is 0.395 e. The summed E-state index contributed by atoms with van der Waals surface area (Å²) in [5.41, 5.74) is 3.91. The molecule has 0 aliphatic carbocycles. The van der Waals surface area contributed by atoms with E-state index in [1.807, 2.05) is 11.4 Å². The molecule has 1 amide bonds. The zero-order valence-electron chi connectivity index (χ0n) is 10.8. The van der Waals surface area contributed by atoms with Crippen molar-refractivity contribution in [2.24, 2.45) is 0 Å². The minimum Gasteiger partial charge on any atom is -0.395 e. The lowest BCUT2D eigenvalue weighted by molar-refractivity contribution is 0.0950. The zero-order chi connectivity index (χ0) is 14.2. The average Bonchev–Trinajstić information content (AvgIpc) is 2.99. The maximum atomic E-state index is 12.0. The summed E-state index contributed by atoms with van der Waals surface area (Å²) in [5.74, 6) is 5.59. The molecule has 0 saturated carbocycles. The highest BCUT2D eigenvalue weighted by Crippen LogP contribution is 2.05. The lowest BCUT2D eigenvalue weighted by atomic mass is 10.1. The van der Waals surface area contributed by atoms with E-state index in [2.05, 4.69) is 22.1 Å². The van der Waals surface area contributed by atoms with E-state index in [1.54, 1.807) is 23.7 Å². The van der Waals surface area contributed by atoms with E-state index in [0.29, 0.717) is 18.5 Å². The van der Waals surface area contributed by atoms with Crippen LogP contribution in [-0.2, 0) is 6.54 Å². The Morgan fingerprint density at radius 1 is 1.45 bits per heavy atom. The Bertz CT molecular complexity index is 627. The SMILES string of the molecule is O=C(NCc1cscn1)c1cccc(C#CCCO)c1. The third-order valence-electron chi connectivity index (χ3n) is 2.51. The van der Waals surface area contributed by atoms with Crippen molar-refractivity contribution in [2.45, 2.75) is 13.0 Å². The molecular formula is C15H14N2O2S. The third-order valence-corrected chi connectivity index (χ3v) is 3.14. The van der Waals surface area contributed by atoms with Crippen molar-refractivity contribution in [1.82, 2.24) is 10.3 Å². The summed E-state index contributed by atoms with van der Waals surface area (Å²) < 4.78 is 0. The van der Waals surface area contributed by atoms with Crippen LogP contribution in [0.5, 0.6) is 0 Å². The first-order valence-electron chi connectivity index (χ1n) is 6.14. The number of carbonyl (C=O) groups is 1. The quantitative estimate of drug-likeness (QED) is 0.843. The Morgan fingerprint density at radius 2 is 2.35 bits per heavy atom. The molecule has 2 N–H and O–H groups in total. The van der Waals surface area contributed by atoms with Gasteiger partial charge in [-0.15, -0.1) is 11.3 Å². The van der Waals surface area contributed by atoms with E-state index >= 15 is 0 Å². The van der Waals surface area contributed by atoms with Crippen LogP contribution in [0.25, 0.3) is 0 Å². The molecule has 102 valence electrons. The van der Waals surface area contributed by atoms with Crippen LogP contribution in [-0.4, -0.2) is 22.6 Å². The summed E-state index contributed by atoms with van der Waals surface area (Å²) in [6, 6.07) is 7.11. The number of benzene rings is 1. The van der Waals surface area contributed by atoms with Crippen LogP contribution in [0.3, 0.4) is 0 Å². The fourth-order valence-electron chi connectivity index (χ4n) is 1.56. The van der Waals surface area contributed by atoms with Crippen LogP contribution < -0.4 is 5.32 Å². The van der Waals surface area contributed by atoms with E-state index in [0.717, 1.165) is 11.3 Å². The Labute approximate surface area is 121 Å². The Kier molecular flexibility index (Phi) is 5.30. The number of thiazole rings is 1. The summed E-state index contributed by atoms with van der Waals surface area (Å²) >= 11 is 1.50. The molecule has 0 radical (unpaired) electrons. The number of nitrogens with zero attached hydrogens (tertiary/aromatic N) is 1. The van der Waals surface area contributed by atoms with Gasteiger partial charge in [0.2, 0.25) is 0 Å². The highest BCUT2D eigenvalue weighted by molar-refractivity contribution is 7.07. The minimum absolute atomic E-state index is 0.0425. The monoisotopic (exact) mass is 286 g/mol. The van der Waals surface area contributed by atoms with Gasteiger partial charge in [0.05, 0.1) is 24.4 Å². The second-order valence-corrected chi connectivity index (χ2v) is 4.74. The van der Waals surface area contributed by atoms with Crippen molar-refractivity contribution in [1.29, 1.82) is 0 Å². The molecule has 0 bridgehead atoms. The smallest absolute Gasteiger partial charge is 0.251 e. The lowest BCUT2D eigenvalue weighted by Crippen LogP contribution is -2.22. The molecule has 4 nitrogen and oxygen atoms in total. The van der Waals surface area contributed by atoms with Crippen molar-refractivity contribution < 1.29 is 9.90 Å². The average molecular weight is 286 g/mol. The number of aliphatic hydroxyl groups is 1. The van der Waals surface area contributed by atoms with Crippen LogP contribution in [0.15, 0.2) is 35.2 Å². The molecule has 0 unspecified atom stereocenters. The molecule has 2 rings (SSSR count). The normalized spacial score (nSPS) is 9.65. The molecule has 0 saturated heterocycles. The summed E-state index contributed by atoms with van der Waals surface area (Å²) in [5, 5.41) is 13.4. The van der Waals surface area contributed by atoms with Gasteiger partial charge in [0.25, 0.3) is 5.91 Å². The van der Waals surface area contributed by atoms with Gasteiger partial charge in [0, 0.05) is 22.9 Å². The maximum absolute atomic E-state index is 12.0. The minimum atomic E-state index is -0.149. The van der Waals surface area contributed by atoms with Gasteiger partial charge in [-0.2, -0.15) is 0 Å². The lowest BCUT2D eigenvalue weighted by Gasteiger charge is -2.03. The predicted molar refractivity (Wildman–Crippen MR) is 78.3 cm³/mol. The van der Waals surface area contributed by atoms with Gasteiger partial charge in [0.15, 0.2) is 0 Å². The third kappa shape index (κ3) is 4.19. The van der Waals surface area contributed by atoms with Crippen molar-refractivity contribution in [3.8, 4) is 11.8 Å². The number of aliphatic hydroxyl groups excluding tert-OH is 1. The van der Waals surface area contributed by atoms with Gasteiger partial charge in [-0.1, -0.05) is 17.9 Å². The molecule has 5 heteroatoms. The number of rotatable bonds is 4. The molecule has 20 heavy (non-hydrogen) atoms. The summed E-state index contributed by atoms with van der Waals surface area (Å²) in [7, 11) is 0. The van der Waals surface area contributed by atoms with Crippen LogP contribution in [0.2, 0.25) is 0 Å². The van der Waals surface area contributed by atoms with Gasteiger partial charge in [-0.05, 0) is 18.2 Å². The highest BCUT2D eigenvalue weighted by Gasteiger charge is 2.05. The van der Waals surface area contributed by atoms with Crippen molar-refractivity contribution in [2.75, 3.05) is 6.61 Å². The summed E-state index contributed by atoms with van der Waals surface area (Å²) in [4.78, 5) is 16.1. The van der Waals surface area contributed by atoms with Crippen molar-refractivity contribution in [3.05, 3.63) is 52.0 Å². The molecule has 1 heterocycles. The Balaban J connectivity index is 1.99. The van der Waals surface area contributed by atoms with Gasteiger partial charge in [0.1, 0.15) is 0 Å². The predicted octanol–water partition coefficient (Wildman–Crippen LogP) is 1.81. The van der Waals surface area contributed by atoms with Gasteiger partial charge in [-0.3, -0.25) is 4.79 Å². The van der Waals surface area contributed by atoms with E-state index in [9.17, 15) is 4.79 Å². The van der Waals surface area contributed by atoms with E-state index < -0.39 is 0 Å². The number of amides is 1. The van der Waals surface area contributed by atoms with Crippen molar-refractivity contribution >= 4 is 17.2 Å². The fourth-order valence-corrected chi connectivity index (χ4v) is 2.11. The molecule has 1 aromatic carbocycles. The van der Waals surface area contributed by atoms with Gasteiger partial charge in [-0.25, -0.2) is 4.98 Å². The van der Waals surface area contributed by atoms with Crippen LogP contribution in [0.4, 0.5) is 0 Å². The summed E-state index contributed by atoms with van der Waals surface area (Å²) in [6.07, 6.45) is 0.431. The van der Waals surface area contributed by atoms with E-state index in [4.69, 9.17) is 5.11 Å². The molecule has 0 atom stereocenters. The summed E-state index contributed by atoms with van der Waals surface area (Å²) in [6.45, 7) is 0.462. The molecule has 0 aliphatic rings. The Morgan fingerprint density at radius 3 is 3.10 bits per heavy atom. The van der Waals surface area contributed by atoms with Gasteiger partial charge < -0.3 is 10.4 Å². The van der Waals surface area contributed by atoms with Crippen LogP contribution in [0, 0.1) is 11.8 Å². The number of nitrogens with one attached hydrogen (secondary N) is 1. The number of aromatic nitrogens is 1. The second kappa shape index (κ2) is 7.43. The first kappa shape index (κ1) is 14.3. The van der Waals surface area contributed by atoms with Crippen LogP contribution >= 0.6 is 11.3 Å². The molecule has 0 fully saturated rings. The molecule has 1 aromatic heterocycles. The molecule has 0 aliphatic heterocycles. The second-order valence-electron chi connectivity index (χ2n) is 4.02. The van der Waals surface area contributed by atoms with E-state index in [-0.39, 0.29) is 12.5 Å². The standard InChI is InChI=1S/C15H14N2O2S/c18-7-2-1-4-12-5-3-6-13(8-12)15(19)16-9-14-10-20-11-17-14/h3,5-6,8,10-11,18H,2,7,9H2,(H,16,19). The zero-order valence-corrected chi connectivity index (χ0v) is 11.6. The Hall–Kier alpha value is -2.16. The fraction of sp³-hybridized carbons (Fsp3) is 0.200. The van der Waals surface area contributed by atoms with E-state index in [1.165, 1.54) is 11.3 Å². The number of carbonyl (C=O) groups excluding carboxylic acids is 1. The molecule has 0 spiro atoms. The maximum Gasteiger partial charge on any atom is 0.251 e.